The van der Waals surface area contributed by atoms with E-state index in [1.54, 1.807) is 0 Å². The molecule has 0 aromatic heterocycles. The van der Waals surface area contributed by atoms with Crippen LogP contribution in [0.15, 0.2) is 30.3 Å². The predicted molar refractivity (Wildman–Crippen MR) is 81.5 cm³/mol. The maximum atomic E-state index is 12.1. The fraction of sp³-hybridized carbons (Fsp3) is 0.588. The van der Waals surface area contributed by atoms with E-state index in [2.05, 4.69) is 32.6 Å². The van der Waals surface area contributed by atoms with Crippen LogP contribution in [0.25, 0.3) is 0 Å². The molecule has 2 nitrogen and oxygen atoms in total. The van der Waals surface area contributed by atoms with Crippen LogP contribution in [0.4, 0.5) is 0 Å². The van der Waals surface area contributed by atoms with Gasteiger partial charge in [0.25, 0.3) is 0 Å². The Bertz CT molecular complexity index is 360. The average Bonchev–Trinajstić information content (AvgIpc) is 2.35. The summed E-state index contributed by atoms with van der Waals surface area (Å²) in [6, 6.07) is 9.59. The van der Waals surface area contributed by atoms with Gasteiger partial charge in [0.05, 0.1) is 0 Å². The maximum Gasteiger partial charge on any atom is 0.164 e. The molecule has 2 heteroatoms. The fourth-order valence-electron chi connectivity index (χ4n) is 2.32. The first-order chi connectivity index (χ1) is 8.99. The number of carbonyl (C=O) groups is 1. The zero-order chi connectivity index (χ0) is 14.3. The quantitative estimate of drug-likeness (QED) is 0.662. The molecule has 1 rings (SSSR count). The molecule has 0 unspecified atom stereocenters. The molecule has 0 spiro atoms. The molecule has 0 aliphatic carbocycles. The molecule has 0 aliphatic rings. The summed E-state index contributed by atoms with van der Waals surface area (Å²) in [5, 5.41) is 0. The fourth-order valence-corrected chi connectivity index (χ4v) is 2.32. The summed E-state index contributed by atoms with van der Waals surface area (Å²) in [5.74, 6) is 1.54. The minimum absolute atomic E-state index is 0.248. The van der Waals surface area contributed by atoms with Crippen LogP contribution < -0.4 is 0 Å². The summed E-state index contributed by atoms with van der Waals surface area (Å²) in [4.78, 5) is 14.5. The van der Waals surface area contributed by atoms with Gasteiger partial charge in [0.1, 0.15) is 0 Å². The molecule has 0 aliphatic heterocycles. The lowest BCUT2D eigenvalue weighted by Gasteiger charge is -2.25. The number of hydrogen-bond donors (Lipinski definition) is 0. The van der Waals surface area contributed by atoms with E-state index in [0.29, 0.717) is 18.3 Å². The first-order valence-corrected chi connectivity index (χ1v) is 7.29. The van der Waals surface area contributed by atoms with E-state index in [9.17, 15) is 4.79 Å². The number of hydrogen-bond acceptors (Lipinski definition) is 2. The zero-order valence-electron chi connectivity index (χ0n) is 12.7. The van der Waals surface area contributed by atoms with Crippen molar-refractivity contribution in [2.75, 3.05) is 19.6 Å². The monoisotopic (exact) mass is 261 g/mol. The van der Waals surface area contributed by atoms with Gasteiger partial charge in [-0.3, -0.25) is 4.79 Å². The van der Waals surface area contributed by atoms with Gasteiger partial charge in [-0.1, -0.05) is 58.0 Å². The molecule has 0 saturated carbocycles. The number of Topliss-reactive ketones (excluding diaryl/α,β-unsaturated/α-hetero) is 1. The smallest absolute Gasteiger partial charge is 0.164 e. The summed E-state index contributed by atoms with van der Waals surface area (Å²) in [6.45, 7) is 11.9. The molecule has 0 amide bonds. The largest absolute Gasteiger partial charge is 0.302 e. The maximum absolute atomic E-state index is 12.1. The van der Waals surface area contributed by atoms with Gasteiger partial charge in [0, 0.05) is 31.6 Å². The van der Waals surface area contributed by atoms with Crippen LogP contribution in [-0.4, -0.2) is 30.3 Å². The number of benzene rings is 1. The van der Waals surface area contributed by atoms with Crippen molar-refractivity contribution in [3.8, 4) is 0 Å². The third-order valence-corrected chi connectivity index (χ3v) is 3.00. The van der Waals surface area contributed by atoms with Crippen LogP contribution in [0.2, 0.25) is 0 Å². The second-order valence-electron chi connectivity index (χ2n) is 6.09. The van der Waals surface area contributed by atoms with Crippen molar-refractivity contribution in [3.63, 3.8) is 0 Å². The van der Waals surface area contributed by atoms with Gasteiger partial charge < -0.3 is 4.90 Å². The molecule has 106 valence electrons. The molecule has 0 bridgehead atoms. The Morgan fingerprint density at radius 1 is 1.00 bits per heavy atom. The molecular formula is C17H27NO. The number of nitrogens with zero attached hydrogens (tertiary/aromatic N) is 1. The Labute approximate surface area is 117 Å². The SMILES string of the molecule is CC(C)CN(CCC(=O)c1ccccc1)CC(C)C. The normalized spacial score (nSPS) is 11.5. The molecule has 1 aromatic rings. The van der Waals surface area contributed by atoms with Crippen molar-refractivity contribution >= 4 is 5.78 Å². The minimum Gasteiger partial charge on any atom is -0.302 e. The minimum atomic E-state index is 0.248. The molecular weight excluding hydrogens is 234 g/mol. The highest BCUT2D eigenvalue weighted by atomic mass is 16.1. The van der Waals surface area contributed by atoms with Crippen LogP contribution in [0.3, 0.4) is 0 Å². The van der Waals surface area contributed by atoms with E-state index in [-0.39, 0.29) is 5.78 Å². The van der Waals surface area contributed by atoms with Gasteiger partial charge in [-0.05, 0) is 11.8 Å². The molecule has 19 heavy (non-hydrogen) atoms. The Balaban J connectivity index is 2.49. The summed E-state index contributed by atoms with van der Waals surface area (Å²) < 4.78 is 0. The van der Waals surface area contributed by atoms with E-state index >= 15 is 0 Å². The Kier molecular flexibility index (Phi) is 6.79. The van der Waals surface area contributed by atoms with Crippen molar-refractivity contribution in [1.29, 1.82) is 0 Å². The van der Waals surface area contributed by atoms with Gasteiger partial charge in [0.2, 0.25) is 0 Å². The van der Waals surface area contributed by atoms with Crippen molar-refractivity contribution in [2.24, 2.45) is 11.8 Å². The van der Waals surface area contributed by atoms with Gasteiger partial charge in [-0.2, -0.15) is 0 Å². The van der Waals surface area contributed by atoms with Gasteiger partial charge in [-0.15, -0.1) is 0 Å². The second-order valence-corrected chi connectivity index (χ2v) is 6.09. The van der Waals surface area contributed by atoms with Crippen LogP contribution in [0.5, 0.6) is 0 Å². The third kappa shape index (κ3) is 6.53. The summed E-state index contributed by atoms with van der Waals surface area (Å²) in [6.07, 6.45) is 0.615. The Morgan fingerprint density at radius 3 is 2.00 bits per heavy atom. The van der Waals surface area contributed by atoms with E-state index in [1.807, 2.05) is 30.3 Å². The lowest BCUT2D eigenvalue weighted by Crippen LogP contribution is -2.33. The molecule has 1 aromatic carbocycles. The van der Waals surface area contributed by atoms with E-state index < -0.39 is 0 Å². The Hall–Kier alpha value is -1.15. The standard InChI is InChI=1S/C17H27NO/c1-14(2)12-18(13-15(3)4)11-10-17(19)16-8-6-5-7-9-16/h5-9,14-15H,10-13H2,1-4H3. The molecule has 0 saturated heterocycles. The van der Waals surface area contributed by atoms with Crippen LogP contribution in [0, 0.1) is 11.8 Å². The van der Waals surface area contributed by atoms with Gasteiger partial charge in [-0.25, -0.2) is 0 Å². The highest BCUT2D eigenvalue weighted by molar-refractivity contribution is 5.96. The van der Waals surface area contributed by atoms with Crippen molar-refractivity contribution < 1.29 is 4.79 Å². The average molecular weight is 261 g/mol. The van der Waals surface area contributed by atoms with Crippen LogP contribution >= 0.6 is 0 Å². The first-order valence-electron chi connectivity index (χ1n) is 7.29. The number of carbonyl (C=O) groups excluding carboxylic acids is 1. The summed E-state index contributed by atoms with van der Waals surface area (Å²) >= 11 is 0. The van der Waals surface area contributed by atoms with Crippen molar-refractivity contribution in [3.05, 3.63) is 35.9 Å². The second kappa shape index (κ2) is 8.11. The highest BCUT2D eigenvalue weighted by Crippen LogP contribution is 2.08. The van der Waals surface area contributed by atoms with Crippen molar-refractivity contribution in [2.45, 2.75) is 34.1 Å². The lowest BCUT2D eigenvalue weighted by molar-refractivity contribution is 0.0956. The molecule has 0 heterocycles. The van der Waals surface area contributed by atoms with E-state index in [4.69, 9.17) is 0 Å². The topological polar surface area (TPSA) is 20.3 Å². The summed E-state index contributed by atoms with van der Waals surface area (Å²) in [5.41, 5.74) is 0.830. The predicted octanol–water partition coefficient (Wildman–Crippen LogP) is 3.87. The Morgan fingerprint density at radius 2 is 1.53 bits per heavy atom. The molecule has 0 fully saturated rings. The van der Waals surface area contributed by atoms with Crippen LogP contribution in [-0.2, 0) is 0 Å². The van der Waals surface area contributed by atoms with Gasteiger partial charge >= 0.3 is 0 Å². The first kappa shape index (κ1) is 15.9. The molecule has 0 atom stereocenters. The third-order valence-electron chi connectivity index (χ3n) is 3.00. The van der Waals surface area contributed by atoms with Crippen molar-refractivity contribution in [1.82, 2.24) is 4.90 Å². The molecule has 0 radical (unpaired) electrons. The molecule has 0 N–H and O–H groups in total. The zero-order valence-corrected chi connectivity index (χ0v) is 12.7. The van der Waals surface area contributed by atoms with E-state index in [0.717, 1.165) is 25.2 Å². The lowest BCUT2D eigenvalue weighted by atomic mass is 10.1. The van der Waals surface area contributed by atoms with E-state index in [1.165, 1.54) is 0 Å². The number of ketones is 1. The van der Waals surface area contributed by atoms with Crippen LogP contribution in [0.1, 0.15) is 44.5 Å². The summed E-state index contributed by atoms with van der Waals surface area (Å²) in [7, 11) is 0. The number of rotatable bonds is 8. The highest BCUT2D eigenvalue weighted by Gasteiger charge is 2.12. The van der Waals surface area contributed by atoms with Gasteiger partial charge in [0.15, 0.2) is 5.78 Å².